The maximum atomic E-state index is 12.9. The molecule has 3 saturated carbocycles. The fraction of sp³-hybridized carbons (Fsp3) is 0.900. The van der Waals surface area contributed by atoms with Crippen LogP contribution in [0.25, 0.3) is 0 Å². The molecule has 3 aliphatic rings. The van der Waals surface area contributed by atoms with Crippen molar-refractivity contribution in [1.29, 1.82) is 0 Å². The van der Waals surface area contributed by atoms with Gasteiger partial charge in [-0.15, -0.1) is 0 Å². The summed E-state index contributed by atoms with van der Waals surface area (Å²) in [6.07, 6.45) is 4.62. The van der Waals surface area contributed by atoms with Crippen LogP contribution in [0.2, 0.25) is 0 Å². The zero-order valence-corrected chi connectivity index (χ0v) is 15.9. The Morgan fingerprint density at radius 1 is 0.708 bits per heavy atom. The molecule has 0 spiro atoms. The highest BCUT2D eigenvalue weighted by molar-refractivity contribution is 5.84. The van der Waals surface area contributed by atoms with Gasteiger partial charge in [-0.1, -0.05) is 6.42 Å². The van der Waals surface area contributed by atoms with Crippen LogP contribution in [0.3, 0.4) is 0 Å². The van der Waals surface area contributed by atoms with E-state index >= 15 is 0 Å². The maximum Gasteiger partial charge on any atom is 0.310 e. The minimum absolute atomic E-state index is 0.198. The fourth-order valence-corrected chi connectivity index (χ4v) is 5.49. The first kappa shape index (κ1) is 17.8. The molecule has 6 atom stereocenters. The fourth-order valence-electron chi connectivity index (χ4n) is 5.49. The smallest absolute Gasteiger partial charge is 0.310 e. The molecule has 0 aliphatic heterocycles. The number of esters is 2. The Balaban J connectivity index is 1.86. The number of fused-ring (bicyclic) bond motifs is 5. The largest absolute Gasteiger partial charge is 0.460 e. The molecule has 4 nitrogen and oxygen atoms in total. The highest BCUT2D eigenvalue weighted by Crippen LogP contribution is 2.64. The Kier molecular flexibility index (Phi) is 4.25. The Labute approximate surface area is 145 Å². The van der Waals surface area contributed by atoms with E-state index in [0.717, 1.165) is 6.42 Å². The molecule has 3 aliphatic carbocycles. The van der Waals surface area contributed by atoms with E-state index in [2.05, 4.69) is 0 Å². The van der Waals surface area contributed by atoms with E-state index < -0.39 is 11.2 Å². The molecular weight excluding hydrogens is 304 g/mol. The molecule has 3 rings (SSSR count). The summed E-state index contributed by atoms with van der Waals surface area (Å²) in [6, 6.07) is 0. The van der Waals surface area contributed by atoms with Crippen LogP contribution >= 0.6 is 0 Å². The van der Waals surface area contributed by atoms with Crippen molar-refractivity contribution < 1.29 is 19.1 Å². The lowest BCUT2D eigenvalue weighted by molar-refractivity contribution is -0.178. The molecule has 4 heteroatoms. The third kappa shape index (κ3) is 3.21. The third-order valence-electron chi connectivity index (χ3n) is 5.94. The van der Waals surface area contributed by atoms with Gasteiger partial charge in [0.1, 0.15) is 11.2 Å². The van der Waals surface area contributed by atoms with Crippen LogP contribution in [0.15, 0.2) is 0 Å². The summed E-state index contributed by atoms with van der Waals surface area (Å²) in [5.74, 6) is 0.779. The predicted molar refractivity (Wildman–Crippen MR) is 91.1 cm³/mol. The summed E-state index contributed by atoms with van der Waals surface area (Å²) in [7, 11) is 0. The lowest BCUT2D eigenvalue weighted by atomic mass is 9.69. The van der Waals surface area contributed by atoms with Gasteiger partial charge in [-0.05, 0) is 84.5 Å². The number of rotatable bonds is 2. The van der Waals surface area contributed by atoms with Crippen molar-refractivity contribution in [2.24, 2.45) is 35.5 Å². The molecule has 136 valence electrons. The normalized spacial score (nSPS) is 38.1. The second kappa shape index (κ2) is 5.74. The van der Waals surface area contributed by atoms with Crippen LogP contribution in [0.4, 0.5) is 0 Å². The van der Waals surface area contributed by atoms with E-state index in [0.29, 0.717) is 23.7 Å². The quantitative estimate of drug-likeness (QED) is 0.716. The first-order chi connectivity index (χ1) is 11.0. The van der Waals surface area contributed by atoms with Crippen molar-refractivity contribution in [2.75, 3.05) is 0 Å². The molecule has 24 heavy (non-hydrogen) atoms. The van der Waals surface area contributed by atoms with Crippen LogP contribution in [0, 0.1) is 35.5 Å². The lowest BCUT2D eigenvalue weighted by Gasteiger charge is -2.37. The number of hydrogen-bond acceptors (Lipinski definition) is 4. The number of ether oxygens (including phenoxy) is 2. The first-order valence-corrected chi connectivity index (χ1v) is 9.44. The van der Waals surface area contributed by atoms with E-state index in [1.807, 2.05) is 41.5 Å². The van der Waals surface area contributed by atoms with E-state index in [1.165, 1.54) is 19.3 Å². The third-order valence-corrected chi connectivity index (χ3v) is 5.94. The van der Waals surface area contributed by atoms with E-state index in [-0.39, 0.29) is 23.8 Å². The molecule has 0 N–H and O–H groups in total. The maximum absolute atomic E-state index is 12.9. The van der Waals surface area contributed by atoms with Crippen molar-refractivity contribution >= 4 is 11.9 Å². The van der Waals surface area contributed by atoms with Crippen LogP contribution < -0.4 is 0 Å². The first-order valence-electron chi connectivity index (χ1n) is 9.44. The van der Waals surface area contributed by atoms with Gasteiger partial charge in [0.25, 0.3) is 0 Å². The summed E-state index contributed by atoms with van der Waals surface area (Å²) in [5.41, 5.74) is -1.04. The van der Waals surface area contributed by atoms with Gasteiger partial charge in [-0.2, -0.15) is 0 Å². The Morgan fingerprint density at radius 2 is 1.08 bits per heavy atom. The van der Waals surface area contributed by atoms with E-state index in [4.69, 9.17) is 9.47 Å². The summed E-state index contributed by atoms with van der Waals surface area (Å²) >= 11 is 0. The van der Waals surface area contributed by atoms with Gasteiger partial charge in [0.2, 0.25) is 0 Å². The van der Waals surface area contributed by atoms with Gasteiger partial charge in [-0.25, -0.2) is 0 Å². The number of carbonyl (C=O) groups is 2. The van der Waals surface area contributed by atoms with Gasteiger partial charge in [0.15, 0.2) is 0 Å². The van der Waals surface area contributed by atoms with Gasteiger partial charge in [0.05, 0.1) is 11.8 Å². The van der Waals surface area contributed by atoms with Crippen LogP contribution in [-0.4, -0.2) is 23.1 Å². The molecule has 0 amide bonds. The summed E-state index contributed by atoms with van der Waals surface area (Å²) in [5, 5.41) is 0. The topological polar surface area (TPSA) is 52.6 Å². The van der Waals surface area contributed by atoms with E-state index in [9.17, 15) is 9.59 Å². The molecule has 2 bridgehead atoms. The highest BCUT2D eigenvalue weighted by Gasteiger charge is 2.64. The second-order valence-electron chi connectivity index (χ2n) is 9.94. The Hall–Kier alpha value is -1.06. The molecule has 4 unspecified atom stereocenters. The molecular formula is C20H32O4. The predicted octanol–water partition coefficient (Wildman–Crippen LogP) is 3.97. The average molecular weight is 336 g/mol. The van der Waals surface area contributed by atoms with Crippen LogP contribution in [-0.2, 0) is 19.1 Å². The van der Waals surface area contributed by atoms with Gasteiger partial charge < -0.3 is 9.47 Å². The molecule has 0 aromatic heterocycles. The molecule has 0 radical (unpaired) electrons. The van der Waals surface area contributed by atoms with Crippen LogP contribution in [0.5, 0.6) is 0 Å². The minimum Gasteiger partial charge on any atom is -0.460 e. The number of carbonyl (C=O) groups excluding carboxylic acids is 2. The Morgan fingerprint density at radius 3 is 1.42 bits per heavy atom. The summed E-state index contributed by atoms with van der Waals surface area (Å²) < 4.78 is 11.4. The van der Waals surface area contributed by atoms with Crippen molar-refractivity contribution in [2.45, 2.75) is 78.4 Å². The van der Waals surface area contributed by atoms with Crippen LogP contribution in [0.1, 0.15) is 67.2 Å². The molecule has 0 saturated heterocycles. The molecule has 0 heterocycles. The van der Waals surface area contributed by atoms with Gasteiger partial charge in [0, 0.05) is 0 Å². The molecule has 0 aromatic carbocycles. The molecule has 0 aromatic rings. The van der Waals surface area contributed by atoms with Gasteiger partial charge in [-0.3, -0.25) is 9.59 Å². The SMILES string of the molecule is CC(C)(C)OC(=O)C1C2C[C@H](C1C(=O)OC(C)(C)C)[C@H]1CCCC21. The van der Waals surface area contributed by atoms with Crippen molar-refractivity contribution in [3.05, 3.63) is 0 Å². The average Bonchev–Trinajstić information content (AvgIpc) is 3.05. The van der Waals surface area contributed by atoms with E-state index in [1.54, 1.807) is 0 Å². The van der Waals surface area contributed by atoms with Crippen molar-refractivity contribution in [3.8, 4) is 0 Å². The number of hydrogen-bond donors (Lipinski definition) is 0. The zero-order chi connectivity index (χ0) is 17.9. The van der Waals surface area contributed by atoms with Crippen molar-refractivity contribution in [3.63, 3.8) is 0 Å². The zero-order valence-electron chi connectivity index (χ0n) is 15.9. The highest BCUT2D eigenvalue weighted by atomic mass is 16.6. The summed E-state index contributed by atoms with van der Waals surface area (Å²) in [6.45, 7) is 11.3. The molecule has 3 fully saturated rings. The Bertz CT molecular complexity index is 479. The van der Waals surface area contributed by atoms with Crippen molar-refractivity contribution in [1.82, 2.24) is 0 Å². The minimum atomic E-state index is -0.521. The second-order valence-corrected chi connectivity index (χ2v) is 9.94. The lowest BCUT2D eigenvalue weighted by Crippen LogP contribution is -2.45. The van der Waals surface area contributed by atoms with Gasteiger partial charge >= 0.3 is 11.9 Å². The summed E-state index contributed by atoms with van der Waals surface area (Å²) in [4.78, 5) is 25.8. The standard InChI is InChI=1S/C20H32O4/c1-19(2,3)23-17(21)15-13-10-14(12-9-7-8-11(12)13)16(15)18(22)24-20(4,5)6/h11-16H,7-10H2,1-6H3/t11-,12?,13-,14?,15?,16?/m0/s1. The monoisotopic (exact) mass is 336 g/mol.